The minimum absolute atomic E-state index is 0.0739. The van der Waals surface area contributed by atoms with Crippen molar-refractivity contribution in [3.05, 3.63) is 0 Å². The number of hydrogen-bond donors (Lipinski definition) is 2. The van der Waals surface area contributed by atoms with Gasteiger partial charge < -0.3 is 9.64 Å². The molecule has 0 radical (unpaired) electrons. The van der Waals surface area contributed by atoms with E-state index in [1.54, 1.807) is 9.79 Å². The first kappa shape index (κ1) is 26.9. The summed E-state index contributed by atoms with van der Waals surface area (Å²) in [5.74, 6) is 0.977. The first-order valence-electron chi connectivity index (χ1n) is 13.0. The van der Waals surface area contributed by atoms with Gasteiger partial charge in [-0.15, -0.1) is 0 Å². The minimum atomic E-state index is -3.93. The molecule has 3 rings (SSSR count). The summed E-state index contributed by atoms with van der Waals surface area (Å²) in [6, 6.07) is 0. The van der Waals surface area contributed by atoms with Gasteiger partial charge in [0, 0.05) is 39.1 Å². The molecule has 1 amide bonds. The van der Waals surface area contributed by atoms with Gasteiger partial charge in [-0.2, -0.15) is 0 Å². The number of hydrogen-bond acceptors (Lipinski definition) is 6. The van der Waals surface area contributed by atoms with E-state index in [9.17, 15) is 18.4 Å². The lowest BCUT2D eigenvalue weighted by Gasteiger charge is -2.47. The van der Waals surface area contributed by atoms with Crippen molar-refractivity contribution < 1.29 is 23.2 Å². The molecule has 3 fully saturated rings. The molecule has 3 saturated heterocycles. The van der Waals surface area contributed by atoms with E-state index >= 15 is 0 Å². The number of piperidine rings is 2. The molecule has 0 aromatic heterocycles. The molecule has 33 heavy (non-hydrogen) atoms. The minimum Gasteiger partial charge on any atom is -0.381 e. The van der Waals surface area contributed by atoms with Crippen LogP contribution in [0.1, 0.15) is 72.1 Å². The number of nitrogens with zero attached hydrogens (tertiary/aromatic N) is 2. The van der Waals surface area contributed by atoms with E-state index in [1.807, 2.05) is 0 Å². The largest absolute Gasteiger partial charge is 0.381 e. The topological polar surface area (TPSA) is 99.2 Å². The van der Waals surface area contributed by atoms with Gasteiger partial charge in [-0.25, -0.2) is 18.2 Å². The number of carbonyl (C=O) groups excluding carboxylic acids is 1. The molecule has 3 aliphatic rings. The van der Waals surface area contributed by atoms with Crippen molar-refractivity contribution in [3.8, 4) is 0 Å². The van der Waals surface area contributed by atoms with Crippen molar-refractivity contribution in [1.29, 1.82) is 0 Å². The zero-order chi connectivity index (χ0) is 24.1. The van der Waals surface area contributed by atoms with Crippen LogP contribution in [0.4, 0.5) is 0 Å². The second-order valence-corrected chi connectivity index (χ2v) is 12.9. The van der Waals surface area contributed by atoms with Gasteiger partial charge in [0.2, 0.25) is 10.0 Å². The summed E-state index contributed by atoms with van der Waals surface area (Å²) in [6.07, 6.45) is 7.21. The molecule has 0 spiro atoms. The first-order valence-corrected chi connectivity index (χ1v) is 14.4. The van der Waals surface area contributed by atoms with Crippen LogP contribution in [0.2, 0.25) is 0 Å². The highest BCUT2D eigenvalue weighted by Crippen LogP contribution is 2.42. The molecule has 0 aliphatic carbocycles. The number of hydroxylamine groups is 1. The van der Waals surface area contributed by atoms with Crippen LogP contribution >= 0.6 is 0 Å². The Morgan fingerprint density at radius 3 is 2.36 bits per heavy atom. The molecular weight excluding hydrogens is 442 g/mol. The van der Waals surface area contributed by atoms with Crippen LogP contribution in [0, 0.1) is 23.7 Å². The average Bonchev–Trinajstić information content (AvgIpc) is 2.84. The molecular formula is C24H45N3O5S. The van der Waals surface area contributed by atoms with E-state index in [0.717, 1.165) is 19.5 Å². The second-order valence-electron chi connectivity index (χ2n) is 10.7. The zero-order valence-corrected chi connectivity index (χ0v) is 21.6. The Labute approximate surface area is 200 Å². The van der Waals surface area contributed by atoms with Gasteiger partial charge in [-0.1, -0.05) is 33.6 Å². The van der Waals surface area contributed by atoms with Crippen molar-refractivity contribution in [1.82, 2.24) is 14.7 Å². The van der Waals surface area contributed by atoms with Gasteiger partial charge >= 0.3 is 0 Å². The molecule has 192 valence electrons. The average molecular weight is 488 g/mol. The maximum atomic E-state index is 13.8. The molecule has 0 aromatic carbocycles. The van der Waals surface area contributed by atoms with E-state index < -0.39 is 20.7 Å². The van der Waals surface area contributed by atoms with Crippen molar-refractivity contribution in [2.75, 3.05) is 45.9 Å². The number of amides is 1. The Bertz CT molecular complexity index is 730. The van der Waals surface area contributed by atoms with Gasteiger partial charge in [0.05, 0.1) is 0 Å². The number of carbonyl (C=O) groups is 1. The maximum absolute atomic E-state index is 13.8. The van der Waals surface area contributed by atoms with E-state index in [1.165, 1.54) is 38.6 Å². The Kier molecular flexibility index (Phi) is 9.60. The fourth-order valence-corrected chi connectivity index (χ4v) is 8.49. The highest BCUT2D eigenvalue weighted by atomic mass is 32.2. The summed E-state index contributed by atoms with van der Waals surface area (Å²) in [5, 5.41) is 9.33. The van der Waals surface area contributed by atoms with E-state index in [0.29, 0.717) is 30.8 Å². The summed E-state index contributed by atoms with van der Waals surface area (Å²) in [7, 11) is -3.93. The summed E-state index contributed by atoms with van der Waals surface area (Å²) in [4.78, 5) is 15.2. The van der Waals surface area contributed by atoms with Crippen LogP contribution in [0.15, 0.2) is 0 Å². The third kappa shape index (κ3) is 5.74. The van der Waals surface area contributed by atoms with Crippen LogP contribution in [0.5, 0.6) is 0 Å². The highest BCUT2D eigenvalue weighted by Gasteiger charge is 2.55. The fourth-order valence-electron chi connectivity index (χ4n) is 6.32. The lowest BCUT2D eigenvalue weighted by atomic mass is 9.69. The van der Waals surface area contributed by atoms with E-state index in [4.69, 9.17) is 4.74 Å². The molecule has 0 bridgehead atoms. The second kappa shape index (κ2) is 11.8. The first-order chi connectivity index (χ1) is 15.8. The predicted molar refractivity (Wildman–Crippen MR) is 128 cm³/mol. The van der Waals surface area contributed by atoms with Gasteiger partial charge in [0.25, 0.3) is 5.91 Å². The van der Waals surface area contributed by atoms with Crippen LogP contribution in [-0.4, -0.2) is 79.4 Å². The number of sulfonamides is 1. The fraction of sp³-hybridized carbons (Fsp3) is 0.958. The molecule has 2 N–H and O–H groups in total. The normalized spacial score (nSPS) is 28.2. The lowest BCUT2D eigenvalue weighted by molar-refractivity contribution is -0.134. The number of likely N-dealkylation sites (tertiary alicyclic amines) is 1. The van der Waals surface area contributed by atoms with Gasteiger partial charge in [-0.3, -0.25) is 10.0 Å². The summed E-state index contributed by atoms with van der Waals surface area (Å²) in [5.41, 5.74) is 1.63. The monoisotopic (exact) mass is 487 g/mol. The van der Waals surface area contributed by atoms with Crippen LogP contribution in [0.25, 0.3) is 0 Å². The quantitative estimate of drug-likeness (QED) is 0.295. The van der Waals surface area contributed by atoms with Crippen LogP contribution in [-0.2, 0) is 19.6 Å². The molecule has 3 aliphatic heterocycles. The molecule has 0 saturated carbocycles. The van der Waals surface area contributed by atoms with Crippen molar-refractivity contribution >= 4 is 15.9 Å². The molecule has 8 nitrogen and oxygen atoms in total. The molecule has 2 atom stereocenters. The Hall–Kier alpha value is -0.740. The van der Waals surface area contributed by atoms with Gasteiger partial charge in [0.15, 0.2) is 4.75 Å². The number of unbranched alkanes of at least 4 members (excludes halogenated alkanes) is 2. The third-order valence-electron chi connectivity index (χ3n) is 8.50. The lowest BCUT2D eigenvalue weighted by Crippen LogP contribution is -2.61. The summed E-state index contributed by atoms with van der Waals surface area (Å²) in [6.45, 7) is 11.4. The maximum Gasteiger partial charge on any atom is 0.266 e. The van der Waals surface area contributed by atoms with Crippen molar-refractivity contribution in [3.63, 3.8) is 0 Å². The predicted octanol–water partition coefficient (Wildman–Crippen LogP) is 2.87. The number of nitrogens with one attached hydrogen (secondary N) is 1. The SMILES string of the molecule is CCCCCN1CCC(C2CCN(S(=O)(=O)C3(C(=O)NO)CCOCC3)CC2C(C)C)CC1. The Morgan fingerprint density at radius 1 is 1.12 bits per heavy atom. The highest BCUT2D eigenvalue weighted by molar-refractivity contribution is 7.91. The summed E-state index contributed by atoms with van der Waals surface area (Å²) >= 11 is 0. The van der Waals surface area contributed by atoms with E-state index in [-0.39, 0.29) is 32.0 Å². The van der Waals surface area contributed by atoms with Crippen molar-refractivity contribution in [2.24, 2.45) is 23.7 Å². The van der Waals surface area contributed by atoms with Crippen LogP contribution in [0.3, 0.4) is 0 Å². The molecule has 2 unspecified atom stereocenters. The molecule has 9 heteroatoms. The van der Waals surface area contributed by atoms with Crippen LogP contribution < -0.4 is 5.48 Å². The number of ether oxygens (including phenoxy) is 1. The zero-order valence-electron chi connectivity index (χ0n) is 20.8. The number of rotatable bonds is 9. The Morgan fingerprint density at radius 2 is 1.79 bits per heavy atom. The van der Waals surface area contributed by atoms with Gasteiger partial charge in [0.1, 0.15) is 0 Å². The van der Waals surface area contributed by atoms with E-state index in [2.05, 4.69) is 25.7 Å². The summed E-state index contributed by atoms with van der Waals surface area (Å²) < 4.78 is 32.8. The van der Waals surface area contributed by atoms with Crippen molar-refractivity contribution in [2.45, 2.75) is 76.9 Å². The third-order valence-corrected chi connectivity index (χ3v) is 11.1. The smallest absolute Gasteiger partial charge is 0.266 e. The molecule has 0 aromatic rings. The standard InChI is InChI=1S/C24H45N3O5S/c1-4-5-6-12-26-13-7-20(8-14-26)21-9-15-27(18-22(21)19(2)3)33(30,31)24(23(28)25-29)10-16-32-17-11-24/h19-22,29H,4-18H2,1-3H3,(H,25,28). The Balaban J connectivity index is 1.69. The van der Waals surface area contributed by atoms with Gasteiger partial charge in [-0.05, 0) is 69.0 Å². The molecule has 3 heterocycles.